The number of nitrogens with two attached hydrogens (primary N) is 2. The van der Waals surface area contributed by atoms with E-state index in [1.54, 1.807) is 12.3 Å². The Morgan fingerprint density at radius 2 is 1.72 bits per heavy atom. The zero-order valence-corrected chi connectivity index (χ0v) is 20.3. The average molecular weight is 550 g/mol. The minimum atomic E-state index is -5.08. The van der Waals surface area contributed by atoms with Gasteiger partial charge in [0.05, 0.1) is 17.8 Å². The van der Waals surface area contributed by atoms with Crippen LogP contribution in [-0.2, 0) is 16.1 Å². The van der Waals surface area contributed by atoms with Gasteiger partial charge in [-0.15, -0.1) is 0 Å². The fourth-order valence-corrected chi connectivity index (χ4v) is 3.20. The fourth-order valence-electron chi connectivity index (χ4n) is 3.20. The number of alkyl halides is 3. The third kappa shape index (κ3) is 9.46. The van der Waals surface area contributed by atoms with E-state index in [2.05, 4.69) is 15.3 Å². The Hall–Kier alpha value is -4.95. The minimum Gasteiger partial charge on any atom is -0.480 e. The van der Waals surface area contributed by atoms with Crippen molar-refractivity contribution in [2.24, 2.45) is 16.5 Å². The number of carboxylic acid groups (broad SMARTS) is 2. The molecule has 0 unspecified atom stereocenters. The Bertz CT molecular complexity index is 1420. The second-order valence-electron chi connectivity index (χ2n) is 7.97. The second-order valence-corrected chi connectivity index (χ2v) is 7.97. The van der Waals surface area contributed by atoms with Crippen molar-refractivity contribution in [1.82, 2.24) is 14.9 Å². The number of nitrogens with zero attached hydrogens (tertiary/aromatic N) is 3. The van der Waals surface area contributed by atoms with E-state index in [0.29, 0.717) is 12.1 Å². The first kappa shape index (κ1) is 30.3. The van der Waals surface area contributed by atoms with Crippen molar-refractivity contribution in [1.29, 1.82) is 0 Å². The predicted octanol–water partition coefficient (Wildman–Crippen LogP) is 1.31. The molecule has 1 amide bonds. The summed E-state index contributed by atoms with van der Waals surface area (Å²) in [5, 5.41) is 19.9. The van der Waals surface area contributed by atoms with Gasteiger partial charge in [0.25, 0.3) is 11.5 Å². The molecular weight excluding hydrogens is 525 g/mol. The van der Waals surface area contributed by atoms with Crippen LogP contribution >= 0.6 is 0 Å². The van der Waals surface area contributed by atoms with Gasteiger partial charge in [0.15, 0.2) is 5.96 Å². The third-order valence-corrected chi connectivity index (χ3v) is 5.04. The van der Waals surface area contributed by atoms with E-state index >= 15 is 0 Å². The molecular formula is C24H25F3N6O6. The number of aromatic nitrogens is 2. The zero-order valence-electron chi connectivity index (χ0n) is 20.3. The first-order valence-corrected chi connectivity index (χ1v) is 11.2. The normalized spacial score (nSPS) is 11.6. The predicted molar refractivity (Wildman–Crippen MR) is 134 cm³/mol. The van der Waals surface area contributed by atoms with Gasteiger partial charge in [-0.2, -0.15) is 13.2 Å². The molecule has 0 saturated heterocycles. The van der Waals surface area contributed by atoms with Crippen molar-refractivity contribution in [2.45, 2.75) is 31.6 Å². The molecule has 1 aromatic carbocycles. The van der Waals surface area contributed by atoms with E-state index in [9.17, 15) is 32.7 Å². The molecule has 2 aromatic heterocycles. The lowest BCUT2D eigenvalue weighted by atomic mass is 10.1. The molecule has 0 fully saturated rings. The van der Waals surface area contributed by atoms with E-state index in [-0.39, 0.29) is 31.0 Å². The van der Waals surface area contributed by atoms with Gasteiger partial charge in [-0.05, 0) is 37.1 Å². The van der Waals surface area contributed by atoms with Crippen molar-refractivity contribution in [2.75, 3.05) is 6.54 Å². The summed E-state index contributed by atoms with van der Waals surface area (Å²) in [6.07, 6.45) is -3.07. The van der Waals surface area contributed by atoms with E-state index in [1.807, 2.05) is 36.4 Å². The van der Waals surface area contributed by atoms with Gasteiger partial charge in [-0.25, -0.2) is 9.59 Å². The highest BCUT2D eigenvalue weighted by Crippen LogP contribution is 2.13. The Morgan fingerprint density at radius 1 is 1.05 bits per heavy atom. The smallest absolute Gasteiger partial charge is 0.480 e. The number of carbonyl (C=O) groups is 3. The molecule has 0 aliphatic heterocycles. The van der Waals surface area contributed by atoms with Crippen LogP contribution in [0.2, 0.25) is 0 Å². The van der Waals surface area contributed by atoms with Crippen molar-refractivity contribution in [3.05, 3.63) is 76.3 Å². The molecule has 0 bridgehead atoms. The van der Waals surface area contributed by atoms with Gasteiger partial charge in [0.2, 0.25) is 0 Å². The van der Waals surface area contributed by atoms with Gasteiger partial charge in [-0.3, -0.25) is 19.6 Å². The molecule has 208 valence electrons. The maximum absolute atomic E-state index is 12.8. The van der Waals surface area contributed by atoms with Crippen LogP contribution in [-0.4, -0.2) is 62.3 Å². The minimum absolute atomic E-state index is 0.0911. The van der Waals surface area contributed by atoms with Gasteiger partial charge in [-0.1, -0.05) is 24.3 Å². The maximum Gasteiger partial charge on any atom is 0.490 e. The van der Waals surface area contributed by atoms with Gasteiger partial charge in [0, 0.05) is 18.1 Å². The zero-order chi connectivity index (χ0) is 29.2. The Balaban J connectivity index is 0.000000673. The largest absolute Gasteiger partial charge is 0.490 e. The van der Waals surface area contributed by atoms with Crippen LogP contribution in [0.5, 0.6) is 0 Å². The van der Waals surface area contributed by atoms with E-state index in [4.69, 9.17) is 21.4 Å². The number of para-hydroxylation sites is 1. The number of carbonyl (C=O) groups excluding carboxylic acids is 1. The number of hydrogen-bond acceptors (Lipinski definition) is 6. The van der Waals surface area contributed by atoms with E-state index < -0.39 is 35.6 Å². The molecule has 0 radical (unpaired) electrons. The molecule has 3 rings (SSSR count). The van der Waals surface area contributed by atoms with Crippen molar-refractivity contribution in [3.8, 4) is 0 Å². The summed E-state index contributed by atoms with van der Waals surface area (Å²) in [5.74, 6) is -4.82. The molecule has 7 N–H and O–H groups in total. The molecule has 1 atom stereocenters. The summed E-state index contributed by atoms with van der Waals surface area (Å²) in [4.78, 5) is 54.2. The summed E-state index contributed by atoms with van der Waals surface area (Å²) in [6, 6.07) is 13.1. The Morgan fingerprint density at radius 3 is 2.33 bits per heavy atom. The quantitative estimate of drug-likeness (QED) is 0.148. The summed E-state index contributed by atoms with van der Waals surface area (Å²) in [7, 11) is 0. The number of hydrogen-bond donors (Lipinski definition) is 5. The van der Waals surface area contributed by atoms with Crippen LogP contribution in [0.25, 0.3) is 10.9 Å². The topological polar surface area (TPSA) is 203 Å². The highest BCUT2D eigenvalue weighted by Gasteiger charge is 2.38. The fraction of sp³-hybridized carbons (Fsp3) is 0.250. The number of aliphatic carboxylic acids is 2. The number of aliphatic imine (C=N–C) groups is 1. The first-order chi connectivity index (χ1) is 18.3. The highest BCUT2D eigenvalue weighted by atomic mass is 19.4. The second kappa shape index (κ2) is 13.6. The number of nitrogens with one attached hydrogen (secondary N) is 1. The monoisotopic (exact) mass is 550 g/mol. The molecule has 3 aromatic rings. The molecule has 0 aliphatic carbocycles. The molecule has 12 nitrogen and oxygen atoms in total. The van der Waals surface area contributed by atoms with Gasteiger partial charge >= 0.3 is 18.1 Å². The van der Waals surface area contributed by atoms with Crippen LogP contribution in [0.3, 0.4) is 0 Å². The molecule has 0 saturated carbocycles. The van der Waals surface area contributed by atoms with Crippen LogP contribution in [0.15, 0.2) is 64.5 Å². The Kier molecular flexibility index (Phi) is 10.5. The Labute approximate surface area is 218 Å². The first-order valence-electron chi connectivity index (χ1n) is 11.2. The lowest BCUT2D eigenvalue weighted by Crippen LogP contribution is -2.43. The summed E-state index contributed by atoms with van der Waals surface area (Å²) >= 11 is 0. The van der Waals surface area contributed by atoms with E-state index in [1.165, 1.54) is 10.6 Å². The molecule has 0 aliphatic rings. The highest BCUT2D eigenvalue weighted by molar-refractivity contribution is 5.96. The van der Waals surface area contributed by atoms with Gasteiger partial charge in [0.1, 0.15) is 11.6 Å². The van der Waals surface area contributed by atoms with E-state index in [0.717, 1.165) is 10.9 Å². The van der Waals surface area contributed by atoms with Gasteiger partial charge < -0.3 is 31.6 Å². The number of benzene rings is 1. The van der Waals surface area contributed by atoms with Crippen molar-refractivity contribution < 1.29 is 37.8 Å². The third-order valence-electron chi connectivity index (χ3n) is 5.04. The van der Waals surface area contributed by atoms with Crippen molar-refractivity contribution >= 4 is 34.7 Å². The van der Waals surface area contributed by atoms with Crippen LogP contribution in [0.1, 0.15) is 28.9 Å². The average Bonchev–Trinajstić information content (AvgIpc) is 2.86. The number of rotatable bonds is 9. The number of amides is 1. The standard InChI is InChI=1S/C22H24N6O4.C2HF3O2/c23-22(24)25-11-3-8-18(21(31)32)27-19(29)16-6-4-12-28(20(16)30)13-15-10-9-14-5-1-2-7-17(14)26-15;3-2(4,5)1(6)7/h1-2,4-7,9-10,12,18H,3,8,11,13H2,(H,27,29)(H,31,32)(H4,23,24,25);(H,6,7)/t18-;/m0./s1. The van der Waals surface area contributed by atoms with Crippen LogP contribution < -0.4 is 22.3 Å². The number of halogens is 3. The van der Waals surface area contributed by atoms with Crippen molar-refractivity contribution in [3.63, 3.8) is 0 Å². The SMILES string of the molecule is NC(N)=NCCC[C@H](NC(=O)c1cccn(Cc2ccc3ccccc3n2)c1=O)C(=O)O.O=C(O)C(F)(F)F. The lowest BCUT2D eigenvalue weighted by Gasteiger charge is -2.14. The number of pyridine rings is 2. The summed E-state index contributed by atoms with van der Waals surface area (Å²) < 4.78 is 33.1. The van der Waals surface area contributed by atoms with Crippen LogP contribution in [0.4, 0.5) is 13.2 Å². The summed E-state index contributed by atoms with van der Waals surface area (Å²) in [5.41, 5.74) is 11.3. The molecule has 2 heterocycles. The molecule has 39 heavy (non-hydrogen) atoms. The summed E-state index contributed by atoms with van der Waals surface area (Å²) in [6.45, 7) is 0.407. The number of carboxylic acids is 2. The lowest BCUT2D eigenvalue weighted by molar-refractivity contribution is -0.192. The molecule has 15 heteroatoms. The number of guanidine groups is 1. The maximum atomic E-state index is 12.8. The van der Waals surface area contributed by atoms with Crippen LogP contribution in [0, 0.1) is 0 Å². The number of fused-ring (bicyclic) bond motifs is 1. The molecule has 0 spiro atoms.